The van der Waals surface area contributed by atoms with Crippen molar-refractivity contribution in [2.24, 2.45) is 0 Å². The molecule has 8 nitrogen and oxygen atoms in total. The first-order chi connectivity index (χ1) is 20.3. The van der Waals surface area contributed by atoms with E-state index in [0.717, 1.165) is 33.4 Å². The molecule has 2 heterocycles. The number of hydrogen-bond donors (Lipinski definition) is 4. The Morgan fingerprint density at radius 1 is 0.643 bits per heavy atom. The quantitative estimate of drug-likeness (QED) is 0.144. The summed E-state index contributed by atoms with van der Waals surface area (Å²) in [5, 5.41) is 25.8. The van der Waals surface area contributed by atoms with Crippen LogP contribution in [0.15, 0.2) is 60.7 Å². The van der Waals surface area contributed by atoms with Crippen LogP contribution >= 0.6 is 23.2 Å². The summed E-state index contributed by atoms with van der Waals surface area (Å²) in [4.78, 5) is 9.50. The minimum absolute atomic E-state index is 0.0430. The fourth-order valence-electron chi connectivity index (χ4n) is 4.85. The van der Waals surface area contributed by atoms with E-state index in [1.165, 1.54) is 0 Å². The molecule has 42 heavy (non-hydrogen) atoms. The number of nitrogens with one attached hydrogen (secondary N) is 2. The highest BCUT2D eigenvalue weighted by atomic mass is 35.5. The fourth-order valence-corrected chi connectivity index (χ4v) is 5.50. The van der Waals surface area contributed by atoms with E-state index in [1.54, 1.807) is 14.2 Å². The van der Waals surface area contributed by atoms with Crippen LogP contribution in [0.3, 0.4) is 0 Å². The van der Waals surface area contributed by atoms with E-state index in [2.05, 4.69) is 10.6 Å². The monoisotopic (exact) mass is 610 g/mol. The van der Waals surface area contributed by atoms with E-state index < -0.39 is 0 Å². The summed E-state index contributed by atoms with van der Waals surface area (Å²) in [5.74, 6) is 0.965. The van der Waals surface area contributed by atoms with E-state index >= 15 is 0 Å². The summed E-state index contributed by atoms with van der Waals surface area (Å²) >= 11 is 14.0. The van der Waals surface area contributed by atoms with Crippen molar-refractivity contribution in [1.82, 2.24) is 20.6 Å². The van der Waals surface area contributed by atoms with Crippen molar-refractivity contribution in [3.8, 4) is 45.4 Å². The molecule has 4 aromatic rings. The molecule has 2 aromatic heterocycles. The van der Waals surface area contributed by atoms with Crippen LogP contribution in [0.5, 0.6) is 11.8 Å². The number of nitrogens with zero attached hydrogens (tertiary/aromatic N) is 2. The van der Waals surface area contributed by atoms with Crippen molar-refractivity contribution >= 4 is 23.2 Å². The third kappa shape index (κ3) is 6.86. The van der Waals surface area contributed by atoms with Gasteiger partial charge in [-0.2, -0.15) is 0 Å². The first-order valence-electron chi connectivity index (χ1n) is 13.7. The van der Waals surface area contributed by atoms with Gasteiger partial charge in [-0.25, -0.2) is 9.97 Å². The van der Waals surface area contributed by atoms with Crippen LogP contribution < -0.4 is 20.1 Å². The number of aliphatic hydroxyl groups is 2. The Morgan fingerprint density at radius 2 is 1.02 bits per heavy atom. The highest BCUT2D eigenvalue weighted by Crippen LogP contribution is 2.42. The topological polar surface area (TPSA) is 109 Å². The molecule has 0 bridgehead atoms. The van der Waals surface area contributed by atoms with Crippen molar-refractivity contribution in [2.75, 3.05) is 40.5 Å². The molecule has 0 aliphatic carbocycles. The van der Waals surface area contributed by atoms with Gasteiger partial charge in [0.1, 0.15) is 0 Å². The third-order valence-corrected chi connectivity index (χ3v) is 7.88. The minimum atomic E-state index is -0.0571. The molecule has 0 saturated carbocycles. The molecule has 0 unspecified atom stereocenters. The van der Waals surface area contributed by atoms with Crippen LogP contribution in [0.2, 0.25) is 10.0 Å². The zero-order chi connectivity index (χ0) is 30.2. The Balaban J connectivity index is 1.72. The number of methoxy groups -OCH3 is 2. The predicted molar refractivity (Wildman–Crippen MR) is 168 cm³/mol. The number of aromatic nitrogens is 2. The molecule has 0 fully saturated rings. The maximum Gasteiger partial charge on any atom is 0.218 e. The van der Waals surface area contributed by atoms with E-state index in [9.17, 15) is 0 Å². The van der Waals surface area contributed by atoms with Crippen molar-refractivity contribution < 1.29 is 19.7 Å². The molecule has 4 N–H and O–H groups in total. The van der Waals surface area contributed by atoms with E-state index in [0.29, 0.717) is 46.3 Å². The van der Waals surface area contributed by atoms with E-state index in [1.807, 2.05) is 74.5 Å². The van der Waals surface area contributed by atoms with Gasteiger partial charge < -0.3 is 30.3 Å². The SMILES string of the molecule is COc1nc(-c2cccc(-c3cccc(-c4ccc([C@@H](C)NCCO)c(OC)n4)c3Cl)c2Cl)ccc1[C@@H](C)NCCO. The highest BCUT2D eigenvalue weighted by molar-refractivity contribution is 6.39. The molecule has 0 radical (unpaired) electrons. The Bertz CT molecular complexity index is 1410. The lowest BCUT2D eigenvalue weighted by atomic mass is 9.97. The minimum Gasteiger partial charge on any atom is -0.481 e. The average Bonchev–Trinajstić information content (AvgIpc) is 3.02. The molecule has 0 spiro atoms. The number of halogens is 2. The molecular weight excluding hydrogens is 575 g/mol. The second-order valence-corrected chi connectivity index (χ2v) is 10.5. The smallest absolute Gasteiger partial charge is 0.218 e. The third-order valence-electron chi connectivity index (χ3n) is 7.06. The molecule has 10 heteroatoms. The van der Waals surface area contributed by atoms with Gasteiger partial charge in [-0.3, -0.25) is 0 Å². The molecule has 0 amide bonds. The molecular formula is C32H36Cl2N4O4. The van der Waals surface area contributed by atoms with Crippen LogP contribution in [0.1, 0.15) is 37.1 Å². The largest absolute Gasteiger partial charge is 0.481 e. The van der Waals surface area contributed by atoms with Crippen LogP contribution in [0.4, 0.5) is 0 Å². The maximum atomic E-state index is 9.16. The zero-order valence-corrected chi connectivity index (χ0v) is 25.6. The van der Waals surface area contributed by atoms with Gasteiger partial charge in [0.25, 0.3) is 0 Å². The van der Waals surface area contributed by atoms with E-state index in [4.69, 9.17) is 52.9 Å². The van der Waals surface area contributed by atoms with Crippen molar-refractivity contribution in [3.63, 3.8) is 0 Å². The fraction of sp³-hybridized carbons (Fsp3) is 0.312. The average molecular weight is 612 g/mol. The van der Waals surface area contributed by atoms with Crippen molar-refractivity contribution in [3.05, 3.63) is 81.8 Å². The molecule has 222 valence electrons. The second kappa shape index (κ2) is 14.8. The lowest BCUT2D eigenvalue weighted by Gasteiger charge is -2.18. The molecule has 0 aliphatic heterocycles. The standard InChI is InChI=1S/C32H36Cl2N4O4/c1-19(35-15-17-39)21-11-13-27(37-31(21)41-3)25-9-5-7-23(29(25)33)24-8-6-10-26(30(24)34)28-14-12-22(32(38-28)42-4)20(2)36-16-18-40/h5-14,19-20,35-36,39-40H,15-18H2,1-4H3/t19-,20-/m1/s1. The lowest BCUT2D eigenvalue weighted by molar-refractivity contribution is 0.285. The van der Waals surface area contributed by atoms with Gasteiger partial charge in [0.2, 0.25) is 11.8 Å². The van der Waals surface area contributed by atoms with Crippen LogP contribution in [0, 0.1) is 0 Å². The predicted octanol–water partition coefficient (Wildman–Crippen LogP) is 6.09. The number of rotatable bonds is 13. The van der Waals surface area contributed by atoms with Gasteiger partial charge in [0.15, 0.2) is 0 Å². The number of pyridine rings is 2. The van der Waals surface area contributed by atoms with Gasteiger partial charge in [0.05, 0.1) is 48.9 Å². The Hall–Kier alpha value is -3.24. The molecule has 0 saturated heterocycles. The van der Waals surface area contributed by atoms with Gasteiger partial charge in [0, 0.05) is 58.6 Å². The Morgan fingerprint density at radius 3 is 1.38 bits per heavy atom. The Kier molecular flexibility index (Phi) is 11.2. The summed E-state index contributed by atoms with van der Waals surface area (Å²) in [6, 6.07) is 19.1. The normalized spacial score (nSPS) is 12.7. The van der Waals surface area contributed by atoms with Crippen LogP contribution in [-0.2, 0) is 0 Å². The van der Waals surface area contributed by atoms with Gasteiger partial charge in [-0.1, -0.05) is 59.6 Å². The molecule has 2 atom stereocenters. The number of aliphatic hydroxyl groups excluding tert-OH is 2. The number of hydrogen-bond acceptors (Lipinski definition) is 8. The second-order valence-electron chi connectivity index (χ2n) is 9.72. The molecule has 0 aliphatic rings. The maximum absolute atomic E-state index is 9.16. The summed E-state index contributed by atoms with van der Waals surface area (Å²) in [6.45, 7) is 5.00. The first kappa shape index (κ1) is 31.7. The Labute approximate surface area is 256 Å². The molecule has 2 aromatic carbocycles. The number of ether oxygens (including phenoxy) is 2. The summed E-state index contributed by atoms with van der Waals surface area (Å²) in [7, 11) is 3.17. The summed E-state index contributed by atoms with van der Waals surface area (Å²) < 4.78 is 11.2. The zero-order valence-electron chi connectivity index (χ0n) is 24.1. The van der Waals surface area contributed by atoms with Crippen LogP contribution in [0.25, 0.3) is 33.6 Å². The highest BCUT2D eigenvalue weighted by Gasteiger charge is 2.20. The van der Waals surface area contributed by atoms with Gasteiger partial charge in [-0.05, 0) is 38.1 Å². The van der Waals surface area contributed by atoms with E-state index in [-0.39, 0.29) is 25.3 Å². The molecule has 4 rings (SSSR count). The van der Waals surface area contributed by atoms with Crippen LogP contribution in [-0.4, -0.2) is 60.7 Å². The van der Waals surface area contributed by atoms with Gasteiger partial charge in [-0.15, -0.1) is 0 Å². The van der Waals surface area contributed by atoms with Gasteiger partial charge >= 0.3 is 0 Å². The lowest BCUT2D eigenvalue weighted by Crippen LogP contribution is -2.22. The van der Waals surface area contributed by atoms with Crippen molar-refractivity contribution in [1.29, 1.82) is 0 Å². The number of benzene rings is 2. The summed E-state index contributed by atoms with van der Waals surface area (Å²) in [5.41, 5.74) is 6.08. The summed E-state index contributed by atoms with van der Waals surface area (Å²) in [6.07, 6.45) is 0. The van der Waals surface area contributed by atoms with Crippen molar-refractivity contribution in [2.45, 2.75) is 25.9 Å². The first-order valence-corrected chi connectivity index (χ1v) is 14.5.